The van der Waals surface area contributed by atoms with Gasteiger partial charge in [-0.1, -0.05) is 42.0 Å². The Hall–Kier alpha value is -4.30. The molecule has 0 aromatic heterocycles. The van der Waals surface area contributed by atoms with Crippen molar-refractivity contribution in [3.63, 3.8) is 0 Å². The fourth-order valence-electron chi connectivity index (χ4n) is 3.30. The molecular formula is C29H32N2O6. The molecule has 0 fully saturated rings. The molecule has 0 aliphatic rings. The van der Waals surface area contributed by atoms with Crippen molar-refractivity contribution < 1.29 is 28.5 Å². The summed E-state index contributed by atoms with van der Waals surface area (Å²) in [5, 5.41) is 5.46. The van der Waals surface area contributed by atoms with E-state index in [9.17, 15) is 9.59 Å². The number of hydrogen-bond donors (Lipinski definition) is 2. The average Bonchev–Trinajstić information content (AvgIpc) is 2.92. The van der Waals surface area contributed by atoms with Gasteiger partial charge in [-0.05, 0) is 55.0 Å². The molecule has 8 heteroatoms. The normalized spacial score (nSPS) is 10.9. The first-order valence-corrected chi connectivity index (χ1v) is 11.9. The molecule has 3 aromatic rings. The summed E-state index contributed by atoms with van der Waals surface area (Å²) in [4.78, 5) is 25.5. The first-order valence-electron chi connectivity index (χ1n) is 11.9. The van der Waals surface area contributed by atoms with Gasteiger partial charge >= 0.3 is 0 Å². The zero-order valence-electron chi connectivity index (χ0n) is 21.3. The van der Waals surface area contributed by atoms with Gasteiger partial charge < -0.3 is 29.6 Å². The molecule has 0 radical (unpaired) electrons. The van der Waals surface area contributed by atoms with E-state index in [1.54, 1.807) is 56.7 Å². The lowest BCUT2D eigenvalue weighted by Gasteiger charge is -2.12. The predicted molar refractivity (Wildman–Crippen MR) is 142 cm³/mol. The van der Waals surface area contributed by atoms with Crippen LogP contribution in [0.15, 0.2) is 78.5 Å². The Balaban J connectivity index is 1.62. The third-order valence-electron chi connectivity index (χ3n) is 5.27. The molecule has 194 valence electrons. The molecule has 0 saturated heterocycles. The van der Waals surface area contributed by atoms with Gasteiger partial charge in [0, 0.05) is 19.2 Å². The molecule has 0 unspecified atom stereocenters. The van der Waals surface area contributed by atoms with Crippen molar-refractivity contribution in [2.75, 3.05) is 40.6 Å². The van der Waals surface area contributed by atoms with Gasteiger partial charge in [0.05, 0.1) is 13.7 Å². The molecule has 0 heterocycles. The lowest BCUT2D eigenvalue weighted by atomic mass is 10.1. The number of benzene rings is 3. The first kappa shape index (κ1) is 27.3. The number of carbonyl (C=O) groups is 2. The maximum absolute atomic E-state index is 12.8. The quantitative estimate of drug-likeness (QED) is 0.270. The van der Waals surface area contributed by atoms with Gasteiger partial charge in [0.1, 0.15) is 24.7 Å². The van der Waals surface area contributed by atoms with E-state index in [0.29, 0.717) is 49.2 Å². The summed E-state index contributed by atoms with van der Waals surface area (Å²) in [5.74, 6) is 1.18. The smallest absolute Gasteiger partial charge is 0.267 e. The molecule has 0 saturated carbocycles. The van der Waals surface area contributed by atoms with Crippen LogP contribution in [-0.2, 0) is 9.53 Å². The number of nitrogens with one attached hydrogen (secondary N) is 2. The number of para-hydroxylation sites is 2. The Labute approximate surface area is 217 Å². The number of methoxy groups -OCH3 is 2. The van der Waals surface area contributed by atoms with Crippen LogP contribution in [0.1, 0.15) is 21.5 Å². The minimum Gasteiger partial charge on any atom is -0.493 e. The Morgan fingerprint density at radius 1 is 0.811 bits per heavy atom. The van der Waals surface area contributed by atoms with E-state index in [-0.39, 0.29) is 11.6 Å². The van der Waals surface area contributed by atoms with Crippen LogP contribution in [0, 0.1) is 6.92 Å². The highest BCUT2D eigenvalue weighted by molar-refractivity contribution is 6.05. The van der Waals surface area contributed by atoms with E-state index < -0.39 is 5.91 Å². The number of carbonyl (C=O) groups excluding carboxylic acids is 2. The largest absolute Gasteiger partial charge is 0.493 e. The third-order valence-corrected chi connectivity index (χ3v) is 5.27. The number of ether oxygens (including phenoxy) is 4. The van der Waals surface area contributed by atoms with Gasteiger partial charge in [0.2, 0.25) is 0 Å². The van der Waals surface area contributed by atoms with Crippen LogP contribution in [0.2, 0.25) is 0 Å². The van der Waals surface area contributed by atoms with E-state index in [0.717, 1.165) is 11.1 Å². The summed E-state index contributed by atoms with van der Waals surface area (Å²) >= 11 is 0. The minimum absolute atomic E-state index is 0.126. The second-order valence-electron chi connectivity index (χ2n) is 8.04. The van der Waals surface area contributed by atoms with Crippen LogP contribution in [-0.4, -0.2) is 52.4 Å². The number of amides is 2. The fourth-order valence-corrected chi connectivity index (χ4v) is 3.30. The van der Waals surface area contributed by atoms with E-state index in [2.05, 4.69) is 10.6 Å². The van der Waals surface area contributed by atoms with Gasteiger partial charge in [0.15, 0.2) is 11.5 Å². The van der Waals surface area contributed by atoms with Crippen LogP contribution in [0.3, 0.4) is 0 Å². The van der Waals surface area contributed by atoms with Crippen molar-refractivity contribution in [3.8, 4) is 17.2 Å². The minimum atomic E-state index is -0.411. The second kappa shape index (κ2) is 14.3. The van der Waals surface area contributed by atoms with Crippen molar-refractivity contribution >= 4 is 17.9 Å². The van der Waals surface area contributed by atoms with Crippen molar-refractivity contribution in [2.24, 2.45) is 0 Å². The third kappa shape index (κ3) is 8.70. The van der Waals surface area contributed by atoms with Gasteiger partial charge in [0.25, 0.3) is 11.8 Å². The fraction of sp³-hybridized carbons (Fsp3) is 0.241. The van der Waals surface area contributed by atoms with E-state index >= 15 is 0 Å². The Bertz CT molecular complexity index is 1190. The van der Waals surface area contributed by atoms with Crippen molar-refractivity contribution in [2.45, 2.75) is 6.92 Å². The summed E-state index contributed by atoms with van der Waals surface area (Å²) in [6, 6.07) is 21.7. The molecule has 37 heavy (non-hydrogen) atoms. The van der Waals surface area contributed by atoms with E-state index in [1.807, 2.05) is 43.3 Å². The highest BCUT2D eigenvalue weighted by Gasteiger charge is 2.14. The maximum Gasteiger partial charge on any atom is 0.267 e. The molecule has 8 nitrogen and oxygen atoms in total. The molecule has 0 atom stereocenters. The molecule has 3 aromatic carbocycles. The second-order valence-corrected chi connectivity index (χ2v) is 8.04. The van der Waals surface area contributed by atoms with Crippen LogP contribution in [0.4, 0.5) is 0 Å². The zero-order chi connectivity index (χ0) is 26.5. The lowest BCUT2D eigenvalue weighted by molar-refractivity contribution is -0.117. The Kier molecular flexibility index (Phi) is 10.6. The van der Waals surface area contributed by atoms with Gasteiger partial charge in [-0.2, -0.15) is 0 Å². The Morgan fingerprint density at radius 2 is 1.49 bits per heavy atom. The molecule has 0 spiro atoms. The Morgan fingerprint density at radius 3 is 2.16 bits per heavy atom. The van der Waals surface area contributed by atoms with Crippen molar-refractivity contribution in [3.05, 3.63) is 95.2 Å². The predicted octanol–water partition coefficient (Wildman–Crippen LogP) is 3.99. The van der Waals surface area contributed by atoms with Gasteiger partial charge in [-0.3, -0.25) is 9.59 Å². The highest BCUT2D eigenvalue weighted by atomic mass is 16.5. The van der Waals surface area contributed by atoms with E-state index in [1.165, 1.54) is 0 Å². The summed E-state index contributed by atoms with van der Waals surface area (Å²) in [5.41, 5.74) is 2.35. The average molecular weight is 505 g/mol. The lowest BCUT2D eigenvalue weighted by Crippen LogP contribution is -2.36. The highest BCUT2D eigenvalue weighted by Crippen LogP contribution is 2.25. The molecular weight excluding hydrogens is 472 g/mol. The molecule has 2 amide bonds. The van der Waals surface area contributed by atoms with E-state index in [4.69, 9.17) is 18.9 Å². The number of hydrogen-bond acceptors (Lipinski definition) is 6. The summed E-state index contributed by atoms with van der Waals surface area (Å²) < 4.78 is 21.7. The number of aryl methyl sites for hydroxylation is 1. The van der Waals surface area contributed by atoms with Crippen molar-refractivity contribution in [1.29, 1.82) is 0 Å². The molecule has 2 N–H and O–H groups in total. The molecule has 3 rings (SSSR count). The standard InChI is InChI=1S/C29H32N2O6/c1-21-8-12-23(13-9-21)28(32)31-25(29(33)30-16-17-34-2)20-22-10-14-24(15-11-22)36-18-19-37-27-7-5-4-6-26(27)35-3/h4-15,20H,16-19H2,1-3H3,(H,30,33)(H,31,32)/b25-20+. The molecule has 0 bridgehead atoms. The van der Waals surface area contributed by atoms with Crippen LogP contribution >= 0.6 is 0 Å². The van der Waals surface area contributed by atoms with Crippen LogP contribution < -0.4 is 24.8 Å². The van der Waals surface area contributed by atoms with Crippen molar-refractivity contribution in [1.82, 2.24) is 10.6 Å². The first-order chi connectivity index (χ1) is 18.0. The molecule has 0 aliphatic carbocycles. The summed E-state index contributed by atoms with van der Waals surface area (Å²) in [7, 11) is 3.15. The maximum atomic E-state index is 12.8. The van der Waals surface area contributed by atoms with Gasteiger partial charge in [-0.25, -0.2) is 0 Å². The summed E-state index contributed by atoms with van der Waals surface area (Å²) in [6.45, 7) is 3.30. The molecule has 0 aliphatic heterocycles. The zero-order valence-corrected chi connectivity index (χ0v) is 21.3. The van der Waals surface area contributed by atoms with Crippen LogP contribution in [0.25, 0.3) is 6.08 Å². The summed E-state index contributed by atoms with van der Waals surface area (Å²) in [6.07, 6.45) is 1.61. The number of rotatable bonds is 13. The topological polar surface area (TPSA) is 95.1 Å². The SMILES string of the molecule is COCCNC(=O)/C(=C\c1ccc(OCCOc2ccccc2OC)cc1)NC(=O)c1ccc(C)cc1. The van der Waals surface area contributed by atoms with Crippen LogP contribution in [0.5, 0.6) is 17.2 Å². The van der Waals surface area contributed by atoms with Gasteiger partial charge in [-0.15, -0.1) is 0 Å². The monoisotopic (exact) mass is 504 g/mol.